The highest BCUT2D eigenvalue weighted by Crippen LogP contribution is 2.08. The lowest BCUT2D eigenvalue weighted by atomic mass is 10.1. The zero-order valence-electron chi connectivity index (χ0n) is 10.8. The van der Waals surface area contributed by atoms with Crippen LogP contribution in [0.15, 0.2) is 12.5 Å². The number of amides is 2. The van der Waals surface area contributed by atoms with E-state index in [1.807, 2.05) is 0 Å². The van der Waals surface area contributed by atoms with Crippen LogP contribution >= 0.6 is 0 Å². The van der Waals surface area contributed by atoms with E-state index in [0.717, 1.165) is 6.42 Å². The highest BCUT2D eigenvalue weighted by molar-refractivity contribution is 5.88. The number of H-pyrrole nitrogens is 1. The van der Waals surface area contributed by atoms with Crippen molar-refractivity contribution < 1.29 is 19.5 Å². The van der Waals surface area contributed by atoms with Crippen LogP contribution in [0.1, 0.15) is 18.5 Å². The molecule has 0 radical (unpaired) electrons. The first kappa shape index (κ1) is 14.0. The molecule has 8 heteroatoms. The zero-order chi connectivity index (χ0) is 14.5. The van der Waals surface area contributed by atoms with Gasteiger partial charge in [0.15, 0.2) is 0 Å². The van der Waals surface area contributed by atoms with Gasteiger partial charge in [0.2, 0.25) is 11.8 Å². The molecule has 1 aliphatic heterocycles. The average molecular weight is 280 g/mol. The summed E-state index contributed by atoms with van der Waals surface area (Å²) in [6, 6.07) is -1.04. The fourth-order valence-electron chi connectivity index (χ4n) is 2.10. The number of imidazole rings is 1. The molecule has 0 aliphatic carbocycles. The fraction of sp³-hybridized carbons (Fsp3) is 0.500. The number of rotatable bonds is 6. The van der Waals surface area contributed by atoms with Crippen molar-refractivity contribution in [1.29, 1.82) is 0 Å². The summed E-state index contributed by atoms with van der Waals surface area (Å²) in [5.74, 6) is -1.66. The Balaban J connectivity index is 1.89. The largest absolute Gasteiger partial charge is 0.480 e. The first-order chi connectivity index (χ1) is 9.56. The smallest absolute Gasteiger partial charge is 0.326 e. The number of hydrogen-bond donors (Lipinski definition) is 3. The molecule has 0 spiro atoms. The molecule has 2 amide bonds. The topological polar surface area (TPSA) is 115 Å². The Morgan fingerprint density at radius 3 is 2.90 bits per heavy atom. The number of likely N-dealkylation sites (tertiary alicyclic amines) is 1. The Kier molecular flexibility index (Phi) is 4.34. The third-order valence-corrected chi connectivity index (χ3v) is 3.12. The second-order valence-corrected chi connectivity index (χ2v) is 4.66. The SMILES string of the molecule is O=C(CN1CCCC1=O)N[C@H](Cc1cnc[nH]1)C(=O)O. The Morgan fingerprint density at radius 2 is 2.35 bits per heavy atom. The maximum atomic E-state index is 11.8. The highest BCUT2D eigenvalue weighted by Gasteiger charge is 2.25. The van der Waals surface area contributed by atoms with Crippen LogP contribution in [0, 0.1) is 0 Å². The van der Waals surface area contributed by atoms with Crippen molar-refractivity contribution in [3.63, 3.8) is 0 Å². The van der Waals surface area contributed by atoms with Crippen LogP contribution in [0.2, 0.25) is 0 Å². The van der Waals surface area contributed by atoms with Gasteiger partial charge in [-0.05, 0) is 6.42 Å². The van der Waals surface area contributed by atoms with Crippen molar-refractivity contribution in [3.8, 4) is 0 Å². The average Bonchev–Trinajstić information content (AvgIpc) is 3.01. The number of carbonyl (C=O) groups is 3. The number of nitrogens with zero attached hydrogens (tertiary/aromatic N) is 2. The van der Waals surface area contributed by atoms with Gasteiger partial charge in [0, 0.05) is 31.3 Å². The zero-order valence-corrected chi connectivity index (χ0v) is 10.8. The summed E-state index contributed by atoms with van der Waals surface area (Å²) >= 11 is 0. The van der Waals surface area contributed by atoms with E-state index in [2.05, 4.69) is 15.3 Å². The van der Waals surface area contributed by atoms with Gasteiger partial charge in [-0.1, -0.05) is 0 Å². The van der Waals surface area contributed by atoms with Crippen LogP contribution in [0.5, 0.6) is 0 Å². The van der Waals surface area contributed by atoms with Gasteiger partial charge in [0.1, 0.15) is 6.04 Å². The molecule has 1 saturated heterocycles. The molecule has 1 atom stereocenters. The lowest BCUT2D eigenvalue weighted by Gasteiger charge is -2.18. The third kappa shape index (κ3) is 3.56. The van der Waals surface area contributed by atoms with Crippen molar-refractivity contribution in [2.24, 2.45) is 0 Å². The number of aliphatic carboxylic acids is 1. The molecular formula is C12H16N4O4. The predicted octanol–water partition coefficient (Wildman–Crippen LogP) is -0.856. The molecule has 1 fully saturated rings. The van der Waals surface area contributed by atoms with E-state index in [1.54, 1.807) is 0 Å². The van der Waals surface area contributed by atoms with E-state index < -0.39 is 17.9 Å². The number of carboxylic acids is 1. The normalized spacial score (nSPS) is 16.2. The Hall–Kier alpha value is -2.38. The second kappa shape index (κ2) is 6.18. The summed E-state index contributed by atoms with van der Waals surface area (Å²) in [5.41, 5.74) is 0.620. The quantitative estimate of drug-likeness (QED) is 0.627. The van der Waals surface area contributed by atoms with Crippen molar-refractivity contribution in [2.75, 3.05) is 13.1 Å². The van der Waals surface area contributed by atoms with Gasteiger partial charge >= 0.3 is 5.97 Å². The summed E-state index contributed by atoms with van der Waals surface area (Å²) in [6.07, 6.45) is 4.26. The predicted molar refractivity (Wildman–Crippen MR) is 67.7 cm³/mol. The van der Waals surface area contributed by atoms with Gasteiger partial charge in [0.25, 0.3) is 0 Å². The van der Waals surface area contributed by atoms with Crippen LogP contribution in [-0.2, 0) is 20.8 Å². The minimum Gasteiger partial charge on any atom is -0.480 e. The number of nitrogens with one attached hydrogen (secondary N) is 2. The van der Waals surface area contributed by atoms with Crippen molar-refractivity contribution >= 4 is 17.8 Å². The molecule has 2 rings (SSSR count). The van der Waals surface area contributed by atoms with E-state index in [1.165, 1.54) is 17.4 Å². The van der Waals surface area contributed by atoms with Crippen molar-refractivity contribution in [3.05, 3.63) is 18.2 Å². The molecule has 1 aromatic heterocycles. The van der Waals surface area contributed by atoms with Gasteiger partial charge in [-0.15, -0.1) is 0 Å². The van der Waals surface area contributed by atoms with Crippen LogP contribution in [0.25, 0.3) is 0 Å². The van der Waals surface area contributed by atoms with Gasteiger partial charge in [-0.2, -0.15) is 0 Å². The molecule has 108 valence electrons. The summed E-state index contributed by atoms with van der Waals surface area (Å²) in [7, 11) is 0. The molecule has 0 unspecified atom stereocenters. The van der Waals surface area contributed by atoms with Crippen molar-refractivity contribution in [1.82, 2.24) is 20.2 Å². The third-order valence-electron chi connectivity index (χ3n) is 3.12. The summed E-state index contributed by atoms with van der Waals surface area (Å²) in [5, 5.41) is 11.5. The Bertz CT molecular complexity index is 500. The second-order valence-electron chi connectivity index (χ2n) is 4.66. The number of hydrogen-bond acceptors (Lipinski definition) is 4. The maximum Gasteiger partial charge on any atom is 0.326 e. The fourth-order valence-corrected chi connectivity index (χ4v) is 2.10. The molecule has 8 nitrogen and oxygen atoms in total. The molecule has 1 aromatic rings. The van der Waals surface area contributed by atoms with E-state index >= 15 is 0 Å². The van der Waals surface area contributed by atoms with Gasteiger partial charge in [0.05, 0.1) is 12.9 Å². The number of carboxylic acid groups (broad SMARTS) is 1. The van der Waals surface area contributed by atoms with Crippen LogP contribution in [-0.4, -0.2) is 56.9 Å². The monoisotopic (exact) mass is 280 g/mol. The molecule has 0 saturated carbocycles. The van der Waals surface area contributed by atoms with E-state index in [4.69, 9.17) is 5.11 Å². The summed E-state index contributed by atoms with van der Waals surface area (Å²) in [4.78, 5) is 42.3. The van der Waals surface area contributed by atoms with Gasteiger partial charge in [-0.3, -0.25) is 9.59 Å². The first-order valence-corrected chi connectivity index (χ1v) is 6.33. The van der Waals surface area contributed by atoms with Gasteiger partial charge < -0.3 is 20.3 Å². The molecule has 0 aromatic carbocycles. The first-order valence-electron chi connectivity index (χ1n) is 6.33. The lowest BCUT2D eigenvalue weighted by Crippen LogP contribution is -2.46. The molecule has 2 heterocycles. The Labute approximate surface area is 115 Å². The number of aromatic amines is 1. The molecule has 1 aliphatic rings. The number of aromatic nitrogens is 2. The molecular weight excluding hydrogens is 264 g/mol. The van der Waals surface area contributed by atoms with Crippen LogP contribution in [0.4, 0.5) is 0 Å². The minimum atomic E-state index is -1.12. The summed E-state index contributed by atoms with van der Waals surface area (Å²) < 4.78 is 0. The minimum absolute atomic E-state index is 0.0689. The summed E-state index contributed by atoms with van der Waals surface area (Å²) in [6.45, 7) is 0.454. The standard InChI is InChI=1S/C12H16N4O4/c17-10(6-16-3-1-2-11(16)18)15-9(12(19)20)4-8-5-13-7-14-8/h5,7,9H,1-4,6H2,(H,13,14)(H,15,17)(H,19,20)/t9-/m1/s1. The lowest BCUT2D eigenvalue weighted by molar-refractivity contribution is -0.142. The maximum absolute atomic E-state index is 11.8. The van der Waals surface area contributed by atoms with E-state index in [0.29, 0.717) is 18.7 Å². The molecule has 3 N–H and O–H groups in total. The number of carbonyl (C=O) groups excluding carboxylic acids is 2. The van der Waals surface area contributed by atoms with E-state index in [9.17, 15) is 14.4 Å². The Morgan fingerprint density at radius 1 is 1.55 bits per heavy atom. The van der Waals surface area contributed by atoms with Gasteiger partial charge in [-0.25, -0.2) is 9.78 Å². The van der Waals surface area contributed by atoms with Crippen LogP contribution in [0.3, 0.4) is 0 Å². The van der Waals surface area contributed by atoms with Crippen LogP contribution < -0.4 is 5.32 Å². The molecule has 20 heavy (non-hydrogen) atoms. The highest BCUT2D eigenvalue weighted by atomic mass is 16.4. The molecule has 0 bridgehead atoms. The van der Waals surface area contributed by atoms with Crippen molar-refractivity contribution in [2.45, 2.75) is 25.3 Å². The van der Waals surface area contributed by atoms with E-state index in [-0.39, 0.29) is 18.9 Å².